The van der Waals surface area contributed by atoms with E-state index in [-0.39, 0.29) is 0 Å². The van der Waals surface area contributed by atoms with Crippen LogP contribution in [0.3, 0.4) is 0 Å². The number of nitrogen functional groups attached to an aromatic ring is 1. The van der Waals surface area contributed by atoms with Crippen LogP contribution in [0.1, 0.15) is 5.56 Å². The minimum absolute atomic E-state index is 0.720. The molecule has 0 unspecified atom stereocenters. The highest BCUT2D eigenvalue weighted by Crippen LogP contribution is 2.30. The molecule has 0 saturated heterocycles. The Morgan fingerprint density at radius 3 is 2.75 bits per heavy atom. The molecule has 0 aliphatic heterocycles. The molecule has 0 amide bonds. The fourth-order valence-corrected chi connectivity index (χ4v) is 2.21. The van der Waals surface area contributed by atoms with E-state index in [0.29, 0.717) is 0 Å². The van der Waals surface area contributed by atoms with Crippen LogP contribution in [0.4, 0.5) is 5.69 Å². The van der Waals surface area contributed by atoms with Crippen LogP contribution < -0.4 is 5.73 Å². The molecule has 2 heterocycles. The Morgan fingerprint density at radius 2 is 2.06 bits per heavy atom. The molecule has 0 fully saturated rings. The van der Waals surface area contributed by atoms with Gasteiger partial charge in [0.1, 0.15) is 10.1 Å². The van der Waals surface area contributed by atoms with Crippen LogP contribution in [0.2, 0.25) is 0 Å². The van der Waals surface area contributed by atoms with Crippen molar-refractivity contribution in [3.63, 3.8) is 0 Å². The minimum atomic E-state index is 0.720. The lowest BCUT2D eigenvalue weighted by Gasteiger charge is -2.05. The molecule has 0 aliphatic rings. The predicted molar refractivity (Wildman–Crippen MR) is 69.4 cm³/mol. The summed E-state index contributed by atoms with van der Waals surface area (Å²) in [5.41, 5.74) is 7.70. The fraction of sp³-hybridized carbons (Fsp3) is 0.0909. The molecule has 5 heteroatoms. The van der Waals surface area contributed by atoms with Crippen molar-refractivity contribution in [1.82, 2.24) is 9.97 Å². The second kappa shape index (κ2) is 4.84. The zero-order valence-electron chi connectivity index (χ0n) is 8.64. The highest BCUT2D eigenvalue weighted by Gasteiger charge is 2.06. The smallest absolute Gasteiger partial charge is 0.125 e. The summed E-state index contributed by atoms with van der Waals surface area (Å²) in [4.78, 5) is 8.51. The molecule has 0 radical (unpaired) electrons. The second-order valence-electron chi connectivity index (χ2n) is 3.26. The zero-order chi connectivity index (χ0) is 11.5. The Hall–Kier alpha value is -1.07. The molecule has 0 aromatic carbocycles. The molecule has 0 bridgehead atoms. The third-order valence-electron chi connectivity index (χ3n) is 2.07. The molecule has 0 spiro atoms. The van der Waals surface area contributed by atoms with E-state index in [2.05, 4.69) is 25.9 Å². The molecule has 2 rings (SSSR count). The average Bonchev–Trinajstić information content (AvgIpc) is 2.28. The van der Waals surface area contributed by atoms with Crippen molar-refractivity contribution in [2.24, 2.45) is 0 Å². The van der Waals surface area contributed by atoms with Gasteiger partial charge in [-0.3, -0.25) is 0 Å². The summed E-state index contributed by atoms with van der Waals surface area (Å²) in [7, 11) is 0. The number of aromatic nitrogens is 2. The maximum atomic E-state index is 5.94. The fourth-order valence-electron chi connectivity index (χ4n) is 1.15. The number of hydrogen-bond donors (Lipinski definition) is 1. The van der Waals surface area contributed by atoms with Gasteiger partial charge in [0, 0.05) is 16.9 Å². The van der Waals surface area contributed by atoms with Crippen LogP contribution in [-0.2, 0) is 0 Å². The van der Waals surface area contributed by atoms with E-state index in [0.717, 1.165) is 25.8 Å². The number of nitrogens with two attached hydrogens (primary N) is 1. The topological polar surface area (TPSA) is 51.8 Å². The first kappa shape index (κ1) is 11.4. The van der Waals surface area contributed by atoms with Crippen molar-refractivity contribution in [3.05, 3.63) is 40.6 Å². The third kappa shape index (κ3) is 2.54. The first-order valence-electron chi connectivity index (χ1n) is 4.67. The average molecular weight is 296 g/mol. The summed E-state index contributed by atoms with van der Waals surface area (Å²) < 4.78 is 0.960. The van der Waals surface area contributed by atoms with Gasteiger partial charge in [0.15, 0.2) is 0 Å². The molecule has 82 valence electrons. The maximum Gasteiger partial charge on any atom is 0.125 e. The largest absolute Gasteiger partial charge is 0.396 e. The lowest BCUT2D eigenvalue weighted by molar-refractivity contribution is 1.08. The summed E-state index contributed by atoms with van der Waals surface area (Å²) in [6.45, 7) is 1.97. The van der Waals surface area contributed by atoms with Gasteiger partial charge in [0.2, 0.25) is 0 Å². The van der Waals surface area contributed by atoms with Crippen LogP contribution in [0, 0.1) is 6.92 Å². The van der Waals surface area contributed by atoms with Crippen LogP contribution >= 0.6 is 27.7 Å². The summed E-state index contributed by atoms with van der Waals surface area (Å²) in [5, 5.41) is 1.68. The quantitative estimate of drug-likeness (QED) is 0.924. The van der Waals surface area contributed by atoms with E-state index in [1.54, 1.807) is 12.4 Å². The molecule has 0 atom stereocenters. The summed E-state index contributed by atoms with van der Waals surface area (Å²) in [6.07, 6.45) is 3.52. The molecule has 3 nitrogen and oxygen atoms in total. The van der Waals surface area contributed by atoms with Gasteiger partial charge >= 0.3 is 0 Å². The molecular weight excluding hydrogens is 286 g/mol. The number of halogens is 1. The van der Waals surface area contributed by atoms with Gasteiger partial charge in [-0.15, -0.1) is 0 Å². The monoisotopic (exact) mass is 295 g/mol. The van der Waals surface area contributed by atoms with Crippen molar-refractivity contribution in [2.45, 2.75) is 17.0 Å². The normalized spacial score (nSPS) is 10.4. The Kier molecular flexibility index (Phi) is 3.46. The Labute approximate surface area is 107 Å². The Bertz CT molecular complexity index is 499. The number of rotatable bonds is 2. The summed E-state index contributed by atoms with van der Waals surface area (Å²) in [5.74, 6) is 0. The second-order valence-corrected chi connectivity index (χ2v) is 5.19. The van der Waals surface area contributed by atoms with E-state index in [1.807, 2.05) is 25.1 Å². The molecule has 0 aliphatic carbocycles. The Morgan fingerprint density at radius 1 is 1.25 bits per heavy atom. The van der Waals surface area contributed by atoms with Crippen molar-refractivity contribution >= 4 is 33.4 Å². The first-order valence-corrected chi connectivity index (χ1v) is 6.28. The molecule has 2 aromatic heterocycles. The number of anilines is 1. The number of aryl methyl sites for hydroxylation is 1. The molecule has 0 saturated carbocycles. The predicted octanol–water partition coefficient (Wildman–Crippen LogP) is 3.28. The van der Waals surface area contributed by atoms with Gasteiger partial charge in [-0.25, -0.2) is 9.97 Å². The van der Waals surface area contributed by atoms with E-state index in [9.17, 15) is 0 Å². The van der Waals surface area contributed by atoms with Gasteiger partial charge < -0.3 is 5.73 Å². The van der Waals surface area contributed by atoms with Gasteiger partial charge in [0.05, 0.1) is 5.69 Å². The molecule has 2 N–H and O–H groups in total. The summed E-state index contributed by atoms with van der Waals surface area (Å²) in [6, 6.07) is 5.77. The maximum absolute atomic E-state index is 5.94. The lowest BCUT2D eigenvalue weighted by atomic mass is 10.3. The summed E-state index contributed by atoms with van der Waals surface area (Å²) >= 11 is 4.81. The van der Waals surface area contributed by atoms with Crippen LogP contribution in [-0.4, -0.2) is 9.97 Å². The third-order valence-corrected chi connectivity index (χ3v) is 3.51. The molecular formula is C11H10BrN3S. The first-order chi connectivity index (χ1) is 7.66. The van der Waals surface area contributed by atoms with Crippen LogP contribution in [0.25, 0.3) is 0 Å². The SMILES string of the molecule is Cc1ccnc(Sc2ccc(Br)cn2)c1N. The van der Waals surface area contributed by atoms with E-state index in [4.69, 9.17) is 5.73 Å². The van der Waals surface area contributed by atoms with Crippen molar-refractivity contribution in [3.8, 4) is 0 Å². The van der Waals surface area contributed by atoms with Gasteiger partial charge in [-0.05, 0) is 58.4 Å². The number of pyridine rings is 2. The van der Waals surface area contributed by atoms with E-state index in [1.165, 1.54) is 11.8 Å². The standard InChI is InChI=1S/C11H10BrN3S/c1-7-4-5-14-11(10(7)13)16-9-3-2-8(12)6-15-9/h2-6H,13H2,1H3. The number of nitrogens with zero attached hydrogens (tertiary/aromatic N) is 2. The minimum Gasteiger partial charge on any atom is -0.396 e. The van der Waals surface area contributed by atoms with Crippen molar-refractivity contribution in [1.29, 1.82) is 0 Å². The van der Waals surface area contributed by atoms with Crippen molar-refractivity contribution in [2.75, 3.05) is 5.73 Å². The van der Waals surface area contributed by atoms with E-state index >= 15 is 0 Å². The van der Waals surface area contributed by atoms with Gasteiger partial charge in [0.25, 0.3) is 0 Å². The highest BCUT2D eigenvalue weighted by atomic mass is 79.9. The van der Waals surface area contributed by atoms with Gasteiger partial charge in [-0.2, -0.15) is 0 Å². The highest BCUT2D eigenvalue weighted by molar-refractivity contribution is 9.10. The Balaban J connectivity index is 2.27. The van der Waals surface area contributed by atoms with Crippen molar-refractivity contribution < 1.29 is 0 Å². The van der Waals surface area contributed by atoms with Crippen LogP contribution in [0.15, 0.2) is 45.1 Å². The zero-order valence-corrected chi connectivity index (χ0v) is 11.0. The van der Waals surface area contributed by atoms with E-state index < -0.39 is 0 Å². The molecule has 2 aromatic rings. The van der Waals surface area contributed by atoms with Gasteiger partial charge in [-0.1, -0.05) is 0 Å². The van der Waals surface area contributed by atoms with Crippen LogP contribution in [0.5, 0.6) is 0 Å². The lowest BCUT2D eigenvalue weighted by Crippen LogP contribution is -1.95. The number of hydrogen-bond acceptors (Lipinski definition) is 4. The molecule has 16 heavy (non-hydrogen) atoms.